The second-order valence-corrected chi connectivity index (χ2v) is 6.55. The van der Waals surface area contributed by atoms with Crippen molar-refractivity contribution in [3.8, 4) is 0 Å². The highest BCUT2D eigenvalue weighted by Gasteiger charge is 2.14. The number of benzene rings is 2. The lowest BCUT2D eigenvalue weighted by Crippen LogP contribution is -2.29. The van der Waals surface area contributed by atoms with Gasteiger partial charge in [0.25, 0.3) is 0 Å². The van der Waals surface area contributed by atoms with E-state index in [1.165, 1.54) is 4.57 Å². The molecule has 0 aliphatic carbocycles. The molecule has 0 saturated heterocycles. The number of rotatable bonds is 6. The van der Waals surface area contributed by atoms with Gasteiger partial charge in [-0.1, -0.05) is 24.3 Å². The SMILES string of the molecule is CCn1c(=O)n(CC(=O)Nc2ccc(Cn3cccn3)cc2)c2ccccc21. The van der Waals surface area contributed by atoms with E-state index >= 15 is 0 Å². The zero-order valence-electron chi connectivity index (χ0n) is 15.6. The highest BCUT2D eigenvalue weighted by Crippen LogP contribution is 2.14. The minimum atomic E-state index is -0.235. The molecule has 28 heavy (non-hydrogen) atoms. The third-order valence-corrected chi connectivity index (χ3v) is 4.68. The van der Waals surface area contributed by atoms with Gasteiger partial charge in [0.15, 0.2) is 0 Å². The maximum atomic E-state index is 12.6. The topological polar surface area (TPSA) is 73.8 Å². The summed E-state index contributed by atoms with van der Waals surface area (Å²) in [5, 5.41) is 7.05. The van der Waals surface area contributed by atoms with Crippen molar-refractivity contribution in [3.63, 3.8) is 0 Å². The number of aromatic nitrogens is 4. The molecule has 0 radical (unpaired) electrons. The first kappa shape index (κ1) is 17.8. The maximum Gasteiger partial charge on any atom is 0.329 e. The molecule has 2 aromatic carbocycles. The number of anilines is 1. The van der Waals surface area contributed by atoms with Crippen LogP contribution in [0.3, 0.4) is 0 Å². The first-order chi connectivity index (χ1) is 13.7. The van der Waals surface area contributed by atoms with E-state index < -0.39 is 0 Å². The van der Waals surface area contributed by atoms with Gasteiger partial charge in [-0.2, -0.15) is 5.10 Å². The summed E-state index contributed by atoms with van der Waals surface area (Å²) in [7, 11) is 0. The van der Waals surface area contributed by atoms with Crippen LogP contribution in [-0.4, -0.2) is 24.8 Å². The molecule has 7 heteroatoms. The molecular weight excluding hydrogens is 354 g/mol. The van der Waals surface area contributed by atoms with Crippen LogP contribution in [0.5, 0.6) is 0 Å². The molecule has 0 aliphatic heterocycles. The molecule has 0 atom stereocenters. The summed E-state index contributed by atoms with van der Waals surface area (Å²) in [5.41, 5.74) is 3.21. The zero-order valence-corrected chi connectivity index (χ0v) is 15.6. The molecule has 2 aromatic heterocycles. The van der Waals surface area contributed by atoms with E-state index in [2.05, 4.69) is 10.4 Å². The van der Waals surface area contributed by atoms with Crippen molar-refractivity contribution in [1.29, 1.82) is 0 Å². The van der Waals surface area contributed by atoms with Gasteiger partial charge in [-0.05, 0) is 42.8 Å². The molecule has 1 amide bonds. The van der Waals surface area contributed by atoms with Crippen LogP contribution < -0.4 is 11.0 Å². The Kier molecular flexibility index (Phi) is 4.80. The minimum absolute atomic E-state index is 0.0264. The second-order valence-electron chi connectivity index (χ2n) is 6.55. The van der Waals surface area contributed by atoms with Crippen LogP contribution in [0.1, 0.15) is 12.5 Å². The van der Waals surface area contributed by atoms with Crippen LogP contribution in [0.15, 0.2) is 71.8 Å². The lowest BCUT2D eigenvalue weighted by atomic mass is 10.2. The number of para-hydroxylation sites is 2. The monoisotopic (exact) mass is 375 g/mol. The van der Waals surface area contributed by atoms with Crippen LogP contribution in [-0.2, 0) is 24.4 Å². The van der Waals surface area contributed by atoms with Crippen LogP contribution in [0.2, 0.25) is 0 Å². The Morgan fingerprint density at radius 2 is 1.71 bits per heavy atom. The molecule has 0 spiro atoms. The third kappa shape index (κ3) is 3.46. The largest absolute Gasteiger partial charge is 0.329 e. The molecule has 0 unspecified atom stereocenters. The second kappa shape index (κ2) is 7.56. The summed E-state index contributed by atoms with van der Waals surface area (Å²) in [5.74, 6) is -0.235. The predicted octanol–water partition coefficient (Wildman–Crippen LogP) is 2.71. The van der Waals surface area contributed by atoms with E-state index in [1.807, 2.05) is 72.4 Å². The molecule has 0 aliphatic rings. The molecule has 0 bridgehead atoms. The van der Waals surface area contributed by atoms with Gasteiger partial charge in [0.05, 0.1) is 17.6 Å². The smallest absolute Gasteiger partial charge is 0.325 e. The Morgan fingerprint density at radius 3 is 2.36 bits per heavy atom. The van der Waals surface area contributed by atoms with Crippen molar-refractivity contribution in [3.05, 3.63) is 83.0 Å². The number of carbonyl (C=O) groups is 1. The van der Waals surface area contributed by atoms with Gasteiger partial charge in [0.1, 0.15) is 6.54 Å². The van der Waals surface area contributed by atoms with Gasteiger partial charge in [-0.25, -0.2) is 4.79 Å². The van der Waals surface area contributed by atoms with Crippen LogP contribution in [0.25, 0.3) is 11.0 Å². The lowest BCUT2D eigenvalue weighted by molar-refractivity contribution is -0.116. The highest BCUT2D eigenvalue weighted by atomic mass is 16.2. The molecular formula is C21H21N5O2. The molecule has 1 N–H and O–H groups in total. The van der Waals surface area contributed by atoms with Gasteiger partial charge >= 0.3 is 5.69 Å². The molecule has 2 heterocycles. The van der Waals surface area contributed by atoms with E-state index in [4.69, 9.17) is 0 Å². The molecule has 4 rings (SSSR count). The fraction of sp³-hybridized carbons (Fsp3) is 0.190. The highest BCUT2D eigenvalue weighted by molar-refractivity contribution is 5.91. The van der Waals surface area contributed by atoms with E-state index in [1.54, 1.807) is 10.8 Å². The third-order valence-electron chi connectivity index (χ3n) is 4.68. The van der Waals surface area contributed by atoms with Gasteiger partial charge < -0.3 is 5.32 Å². The number of amides is 1. The number of carbonyl (C=O) groups excluding carboxylic acids is 1. The average Bonchev–Trinajstić information content (AvgIpc) is 3.30. The molecule has 0 saturated carbocycles. The summed E-state index contributed by atoms with van der Waals surface area (Å²) < 4.78 is 5.02. The Labute approximate surface area is 161 Å². The predicted molar refractivity (Wildman–Crippen MR) is 108 cm³/mol. The van der Waals surface area contributed by atoms with E-state index in [0.717, 1.165) is 16.6 Å². The number of hydrogen-bond donors (Lipinski definition) is 1. The average molecular weight is 375 g/mol. The molecule has 142 valence electrons. The number of fused-ring (bicyclic) bond motifs is 1. The fourth-order valence-corrected chi connectivity index (χ4v) is 3.35. The number of aryl methyl sites for hydroxylation is 1. The van der Waals surface area contributed by atoms with Gasteiger partial charge in [0.2, 0.25) is 5.91 Å². The fourth-order valence-electron chi connectivity index (χ4n) is 3.35. The minimum Gasteiger partial charge on any atom is -0.325 e. The number of nitrogens with one attached hydrogen (secondary N) is 1. The Morgan fingerprint density at radius 1 is 1.00 bits per heavy atom. The normalized spacial score (nSPS) is 11.0. The van der Waals surface area contributed by atoms with Gasteiger partial charge in [-0.15, -0.1) is 0 Å². The van der Waals surface area contributed by atoms with Crippen molar-refractivity contribution < 1.29 is 4.79 Å². The maximum absolute atomic E-state index is 12.6. The van der Waals surface area contributed by atoms with Crippen LogP contribution >= 0.6 is 0 Å². The standard InChI is InChI=1S/C21H21N5O2/c1-2-25-18-6-3-4-7-19(18)26(21(25)28)15-20(27)23-17-10-8-16(9-11-17)14-24-13-5-12-22-24/h3-13H,2,14-15H2,1H3,(H,23,27). The summed E-state index contributed by atoms with van der Waals surface area (Å²) in [6, 6.07) is 17.0. The molecule has 4 aromatic rings. The molecule has 0 fully saturated rings. The zero-order chi connectivity index (χ0) is 19.5. The molecule has 7 nitrogen and oxygen atoms in total. The van der Waals surface area contributed by atoms with Crippen LogP contribution in [0, 0.1) is 0 Å². The van der Waals surface area contributed by atoms with Gasteiger partial charge in [0, 0.05) is 24.6 Å². The van der Waals surface area contributed by atoms with Crippen molar-refractivity contribution in [1.82, 2.24) is 18.9 Å². The first-order valence-corrected chi connectivity index (χ1v) is 9.20. The first-order valence-electron chi connectivity index (χ1n) is 9.20. The van der Waals surface area contributed by atoms with Crippen molar-refractivity contribution in [2.75, 3.05) is 5.32 Å². The number of imidazole rings is 1. The Hall–Kier alpha value is -3.61. The summed E-state index contributed by atoms with van der Waals surface area (Å²) in [6.45, 7) is 3.13. The van der Waals surface area contributed by atoms with E-state index in [9.17, 15) is 9.59 Å². The van der Waals surface area contributed by atoms with E-state index in [-0.39, 0.29) is 18.1 Å². The summed E-state index contributed by atoms with van der Waals surface area (Å²) >= 11 is 0. The Bertz CT molecular complexity index is 1150. The van der Waals surface area contributed by atoms with Crippen molar-refractivity contribution >= 4 is 22.6 Å². The van der Waals surface area contributed by atoms with Crippen molar-refractivity contribution in [2.45, 2.75) is 26.6 Å². The quantitative estimate of drug-likeness (QED) is 0.563. The van der Waals surface area contributed by atoms with Gasteiger partial charge in [-0.3, -0.25) is 18.6 Å². The summed E-state index contributed by atoms with van der Waals surface area (Å²) in [6.07, 6.45) is 3.65. The Balaban J connectivity index is 1.48. The van der Waals surface area contributed by atoms with E-state index in [0.29, 0.717) is 18.8 Å². The number of nitrogens with zero attached hydrogens (tertiary/aromatic N) is 4. The summed E-state index contributed by atoms with van der Waals surface area (Å²) in [4.78, 5) is 25.2. The van der Waals surface area contributed by atoms with Crippen molar-refractivity contribution in [2.24, 2.45) is 0 Å². The van der Waals surface area contributed by atoms with Crippen LogP contribution in [0.4, 0.5) is 5.69 Å². The lowest BCUT2D eigenvalue weighted by Gasteiger charge is -2.08. The number of hydrogen-bond acceptors (Lipinski definition) is 3.